The van der Waals surface area contributed by atoms with Crippen LogP contribution in [0.25, 0.3) is 0 Å². The van der Waals surface area contributed by atoms with Crippen LogP contribution in [0.3, 0.4) is 0 Å². The van der Waals surface area contributed by atoms with Crippen LogP contribution in [0.2, 0.25) is 0 Å². The first-order valence-electron chi connectivity index (χ1n) is 7.37. The summed E-state index contributed by atoms with van der Waals surface area (Å²) in [7, 11) is 0. The lowest BCUT2D eigenvalue weighted by Crippen LogP contribution is -2.18. The van der Waals surface area contributed by atoms with Crippen LogP contribution in [-0.2, 0) is 6.18 Å². The van der Waals surface area contributed by atoms with Crippen LogP contribution in [-0.4, -0.2) is 21.9 Å². The van der Waals surface area contributed by atoms with Gasteiger partial charge in [-0.05, 0) is 25.5 Å². The minimum absolute atomic E-state index is 0.0710. The fourth-order valence-electron chi connectivity index (χ4n) is 1.88. The smallest absolute Gasteiger partial charge is 0.352 e. The molecule has 0 aliphatic rings. The van der Waals surface area contributed by atoms with E-state index < -0.39 is 17.6 Å². The number of para-hydroxylation sites is 1. The van der Waals surface area contributed by atoms with Crippen molar-refractivity contribution in [2.75, 3.05) is 10.6 Å². The molecule has 5 nitrogen and oxygen atoms in total. The zero-order chi connectivity index (χ0) is 17.7. The first-order valence-corrected chi connectivity index (χ1v) is 7.37. The summed E-state index contributed by atoms with van der Waals surface area (Å²) >= 11 is 0. The summed E-state index contributed by atoms with van der Waals surface area (Å²) in [6, 6.07) is 4.95. The van der Waals surface area contributed by atoms with E-state index >= 15 is 0 Å². The molecule has 2 N–H and O–H groups in total. The molecule has 8 heteroatoms. The Kier molecular flexibility index (Phi) is 5.38. The Balaban J connectivity index is 2.14. The average Bonchev–Trinajstić information content (AvgIpc) is 2.55. The minimum atomic E-state index is -4.55. The number of halogens is 3. The van der Waals surface area contributed by atoms with E-state index in [1.807, 2.05) is 13.8 Å². The third-order valence-electron chi connectivity index (χ3n) is 3.38. The first-order chi connectivity index (χ1) is 11.3. The Hall–Kier alpha value is -2.64. The Labute approximate surface area is 137 Å². The van der Waals surface area contributed by atoms with Crippen molar-refractivity contribution < 1.29 is 18.0 Å². The Morgan fingerprint density at radius 2 is 1.83 bits per heavy atom. The fourth-order valence-corrected chi connectivity index (χ4v) is 1.88. The molecule has 1 unspecified atom stereocenters. The standard InChI is InChI=1S/C16H17F3N4O/c1-3-10(2)22-15-20-8-11(9-21-15)14(24)23-13-7-5-4-6-12(13)16(17,18)19/h4-10H,3H2,1-2H3,(H,23,24)(H,20,21,22). The molecule has 128 valence electrons. The number of nitrogens with one attached hydrogen (secondary N) is 2. The van der Waals surface area contributed by atoms with Gasteiger partial charge in [-0.1, -0.05) is 19.1 Å². The number of anilines is 2. The second-order valence-corrected chi connectivity index (χ2v) is 5.25. The molecule has 1 aromatic carbocycles. The molecule has 0 bridgehead atoms. The van der Waals surface area contributed by atoms with Gasteiger partial charge in [-0.25, -0.2) is 9.97 Å². The van der Waals surface area contributed by atoms with Gasteiger partial charge < -0.3 is 10.6 Å². The van der Waals surface area contributed by atoms with Crippen molar-refractivity contribution in [2.45, 2.75) is 32.5 Å². The van der Waals surface area contributed by atoms with Crippen LogP contribution >= 0.6 is 0 Å². The second-order valence-electron chi connectivity index (χ2n) is 5.25. The molecule has 1 heterocycles. The van der Waals surface area contributed by atoms with Gasteiger partial charge in [0.05, 0.1) is 16.8 Å². The number of alkyl halides is 3. The summed E-state index contributed by atoms with van der Waals surface area (Å²) < 4.78 is 38.8. The van der Waals surface area contributed by atoms with Gasteiger partial charge in [0.15, 0.2) is 0 Å². The summed E-state index contributed by atoms with van der Waals surface area (Å²) in [5.74, 6) is -0.349. The molecule has 0 saturated heterocycles. The van der Waals surface area contributed by atoms with Crippen molar-refractivity contribution in [3.05, 3.63) is 47.8 Å². The van der Waals surface area contributed by atoms with Gasteiger partial charge in [0.25, 0.3) is 5.91 Å². The summed E-state index contributed by atoms with van der Waals surface area (Å²) in [6.07, 6.45) is -1.14. The Morgan fingerprint density at radius 1 is 1.21 bits per heavy atom. The maximum Gasteiger partial charge on any atom is 0.418 e. The lowest BCUT2D eigenvalue weighted by molar-refractivity contribution is -0.136. The number of rotatable bonds is 5. The van der Waals surface area contributed by atoms with Crippen molar-refractivity contribution in [1.82, 2.24) is 9.97 Å². The third-order valence-corrected chi connectivity index (χ3v) is 3.38. The molecular formula is C16H17F3N4O. The molecule has 0 spiro atoms. The highest BCUT2D eigenvalue weighted by Crippen LogP contribution is 2.34. The third kappa shape index (κ3) is 4.43. The summed E-state index contributed by atoms with van der Waals surface area (Å²) in [4.78, 5) is 20.1. The predicted molar refractivity (Wildman–Crippen MR) is 84.8 cm³/mol. The molecule has 0 saturated carbocycles. The van der Waals surface area contributed by atoms with E-state index in [1.165, 1.54) is 30.6 Å². The number of hydrogen-bond acceptors (Lipinski definition) is 4. The highest BCUT2D eigenvalue weighted by atomic mass is 19.4. The van der Waals surface area contributed by atoms with Gasteiger partial charge in [-0.3, -0.25) is 4.79 Å². The summed E-state index contributed by atoms with van der Waals surface area (Å²) in [6.45, 7) is 3.95. The van der Waals surface area contributed by atoms with Gasteiger partial charge in [-0.2, -0.15) is 13.2 Å². The normalized spacial score (nSPS) is 12.5. The van der Waals surface area contributed by atoms with Crippen LogP contribution in [0, 0.1) is 0 Å². The van der Waals surface area contributed by atoms with Crippen molar-refractivity contribution in [3.63, 3.8) is 0 Å². The molecule has 24 heavy (non-hydrogen) atoms. The number of carbonyl (C=O) groups excluding carboxylic acids is 1. The predicted octanol–water partition coefficient (Wildman–Crippen LogP) is 3.96. The van der Waals surface area contributed by atoms with Crippen LogP contribution in [0.15, 0.2) is 36.7 Å². The molecular weight excluding hydrogens is 321 g/mol. The maximum absolute atomic E-state index is 12.9. The van der Waals surface area contributed by atoms with Crippen molar-refractivity contribution in [2.24, 2.45) is 0 Å². The van der Waals surface area contributed by atoms with E-state index in [4.69, 9.17) is 0 Å². The van der Waals surface area contributed by atoms with Gasteiger partial charge in [0.2, 0.25) is 5.95 Å². The summed E-state index contributed by atoms with van der Waals surface area (Å²) in [5.41, 5.74) is -1.15. The molecule has 0 fully saturated rings. The molecule has 0 aliphatic carbocycles. The molecule has 2 rings (SSSR count). The van der Waals surface area contributed by atoms with Gasteiger partial charge in [0.1, 0.15) is 0 Å². The monoisotopic (exact) mass is 338 g/mol. The van der Waals surface area contributed by atoms with Crippen LogP contribution in [0.1, 0.15) is 36.2 Å². The lowest BCUT2D eigenvalue weighted by atomic mass is 10.1. The number of amides is 1. The average molecular weight is 338 g/mol. The van der Waals surface area contributed by atoms with Crippen LogP contribution < -0.4 is 10.6 Å². The highest BCUT2D eigenvalue weighted by Gasteiger charge is 2.33. The van der Waals surface area contributed by atoms with Crippen molar-refractivity contribution in [3.8, 4) is 0 Å². The SMILES string of the molecule is CCC(C)Nc1ncc(C(=O)Nc2ccccc2C(F)(F)F)cn1. The zero-order valence-corrected chi connectivity index (χ0v) is 13.2. The number of benzene rings is 1. The lowest BCUT2D eigenvalue weighted by Gasteiger charge is -2.14. The Bertz CT molecular complexity index is 701. The van der Waals surface area contributed by atoms with Crippen molar-refractivity contribution >= 4 is 17.5 Å². The van der Waals surface area contributed by atoms with E-state index in [0.717, 1.165) is 12.5 Å². The van der Waals surface area contributed by atoms with E-state index in [9.17, 15) is 18.0 Å². The largest absolute Gasteiger partial charge is 0.418 e. The number of aromatic nitrogens is 2. The van der Waals surface area contributed by atoms with E-state index in [2.05, 4.69) is 20.6 Å². The number of hydrogen-bond donors (Lipinski definition) is 2. The highest BCUT2D eigenvalue weighted by molar-refractivity contribution is 6.04. The molecule has 0 radical (unpaired) electrons. The zero-order valence-electron chi connectivity index (χ0n) is 13.2. The van der Waals surface area contributed by atoms with E-state index in [-0.39, 0.29) is 17.3 Å². The van der Waals surface area contributed by atoms with E-state index in [0.29, 0.717) is 5.95 Å². The van der Waals surface area contributed by atoms with Crippen LogP contribution in [0.5, 0.6) is 0 Å². The van der Waals surface area contributed by atoms with Gasteiger partial charge in [-0.15, -0.1) is 0 Å². The quantitative estimate of drug-likeness (QED) is 0.866. The van der Waals surface area contributed by atoms with Gasteiger partial charge in [0, 0.05) is 18.4 Å². The Morgan fingerprint density at radius 3 is 2.42 bits per heavy atom. The van der Waals surface area contributed by atoms with Crippen LogP contribution in [0.4, 0.5) is 24.8 Å². The summed E-state index contributed by atoms with van der Waals surface area (Å²) in [5, 5.41) is 5.28. The first kappa shape index (κ1) is 17.7. The molecule has 1 aromatic heterocycles. The maximum atomic E-state index is 12.9. The molecule has 1 atom stereocenters. The number of carbonyl (C=O) groups is 1. The van der Waals surface area contributed by atoms with Crippen molar-refractivity contribution in [1.29, 1.82) is 0 Å². The van der Waals surface area contributed by atoms with E-state index in [1.54, 1.807) is 0 Å². The van der Waals surface area contributed by atoms with Gasteiger partial charge >= 0.3 is 6.18 Å². The minimum Gasteiger partial charge on any atom is -0.352 e. The molecule has 2 aromatic rings. The second kappa shape index (κ2) is 7.29. The number of nitrogens with zero attached hydrogens (tertiary/aromatic N) is 2. The molecule has 1 amide bonds. The fraction of sp³-hybridized carbons (Fsp3) is 0.312. The molecule has 0 aliphatic heterocycles. The topological polar surface area (TPSA) is 66.9 Å².